The SMILES string of the molecule is Cc1n[nH]cc1NC(=O)Nc1ncc(-c2nc(N3CCOC[C@@H]3C)cc(C3(S(=O)(=O)c4ccc(F)cc4)CC3)n2)cn1. The topological polar surface area (TPSA) is 168 Å². The van der Waals surface area contributed by atoms with Gasteiger partial charge in [0.05, 0.1) is 46.8 Å². The van der Waals surface area contributed by atoms with Gasteiger partial charge in [0.15, 0.2) is 15.7 Å². The number of aromatic amines is 1. The van der Waals surface area contributed by atoms with Gasteiger partial charge in [0.2, 0.25) is 5.95 Å². The molecular weight excluding hydrogens is 565 g/mol. The number of sulfone groups is 1. The summed E-state index contributed by atoms with van der Waals surface area (Å²) in [7, 11) is -3.89. The molecule has 2 amide bonds. The van der Waals surface area contributed by atoms with Gasteiger partial charge in [-0.25, -0.2) is 37.5 Å². The Morgan fingerprint density at radius 1 is 1.14 bits per heavy atom. The maximum absolute atomic E-state index is 13.8. The van der Waals surface area contributed by atoms with Crippen molar-refractivity contribution in [2.24, 2.45) is 0 Å². The lowest BCUT2D eigenvalue weighted by molar-refractivity contribution is 0.0985. The largest absolute Gasteiger partial charge is 0.377 e. The van der Waals surface area contributed by atoms with Crippen molar-refractivity contribution in [2.75, 3.05) is 35.3 Å². The molecule has 4 aromatic rings. The molecule has 13 nitrogen and oxygen atoms in total. The van der Waals surface area contributed by atoms with Gasteiger partial charge in [0, 0.05) is 31.2 Å². The Balaban J connectivity index is 1.34. The molecule has 0 radical (unpaired) electrons. The Morgan fingerprint density at radius 2 is 1.88 bits per heavy atom. The predicted octanol–water partition coefficient (Wildman–Crippen LogP) is 3.44. The Bertz CT molecular complexity index is 1730. The number of aromatic nitrogens is 6. The summed E-state index contributed by atoms with van der Waals surface area (Å²) in [4.78, 5) is 32.4. The Kier molecular flexibility index (Phi) is 7.06. The smallest absolute Gasteiger partial charge is 0.326 e. The predicted molar refractivity (Wildman–Crippen MR) is 151 cm³/mol. The number of nitrogens with one attached hydrogen (secondary N) is 3. The first kappa shape index (κ1) is 27.7. The standard InChI is InChI=1S/C27H28FN9O4S/c1-16-15-41-10-9-37(16)23-11-22(27(7-8-27)42(39,40)20-5-3-19(28)4-6-20)33-24(34-23)18-12-29-25(30-13-18)35-26(38)32-21-14-31-36-17(21)2/h3-6,11-14,16H,7-10,15H2,1-2H3,(H,31,36)(H2,29,30,32,35,38)/t16-/m0/s1. The molecule has 1 saturated carbocycles. The van der Waals surface area contributed by atoms with Crippen molar-refractivity contribution in [3.05, 3.63) is 66.1 Å². The number of ether oxygens (including phenoxy) is 1. The van der Waals surface area contributed by atoms with Gasteiger partial charge in [-0.3, -0.25) is 10.4 Å². The molecule has 6 rings (SSSR count). The number of H-pyrrole nitrogens is 1. The number of morpholine rings is 1. The fourth-order valence-corrected chi connectivity index (χ4v) is 6.84. The average molecular weight is 594 g/mol. The highest BCUT2D eigenvalue weighted by Crippen LogP contribution is 2.55. The molecule has 2 aliphatic rings. The van der Waals surface area contributed by atoms with E-state index in [4.69, 9.17) is 14.7 Å². The van der Waals surface area contributed by atoms with Crippen LogP contribution in [0.5, 0.6) is 0 Å². The number of benzene rings is 1. The number of hydrogen-bond acceptors (Lipinski definition) is 10. The number of hydrogen-bond donors (Lipinski definition) is 3. The molecular formula is C27H28FN9O4S. The third-order valence-electron chi connectivity index (χ3n) is 7.40. The van der Waals surface area contributed by atoms with Crippen LogP contribution in [0.2, 0.25) is 0 Å². The number of carbonyl (C=O) groups excluding carboxylic acids is 1. The quantitative estimate of drug-likeness (QED) is 0.270. The molecule has 1 aliphatic carbocycles. The van der Waals surface area contributed by atoms with Crippen molar-refractivity contribution < 1.29 is 22.3 Å². The Hall–Kier alpha value is -4.50. The van der Waals surface area contributed by atoms with Crippen molar-refractivity contribution in [3.8, 4) is 11.4 Å². The van der Waals surface area contributed by atoms with E-state index >= 15 is 0 Å². The second kappa shape index (κ2) is 10.7. The second-order valence-electron chi connectivity index (χ2n) is 10.3. The van der Waals surface area contributed by atoms with Crippen LogP contribution >= 0.6 is 0 Å². The molecule has 3 N–H and O–H groups in total. The molecule has 2 fully saturated rings. The van der Waals surface area contributed by atoms with Crippen molar-refractivity contribution in [2.45, 2.75) is 42.4 Å². The van der Waals surface area contributed by atoms with Crippen LogP contribution in [0.25, 0.3) is 11.4 Å². The average Bonchev–Trinajstić information content (AvgIpc) is 3.72. The van der Waals surface area contributed by atoms with Crippen molar-refractivity contribution in [1.82, 2.24) is 30.1 Å². The van der Waals surface area contributed by atoms with Crippen LogP contribution in [0.4, 0.5) is 26.6 Å². The Morgan fingerprint density at radius 3 is 2.52 bits per heavy atom. The summed E-state index contributed by atoms with van der Waals surface area (Å²) in [6.07, 6.45) is 5.22. The lowest BCUT2D eigenvalue weighted by Gasteiger charge is -2.34. The summed E-state index contributed by atoms with van der Waals surface area (Å²) in [5.74, 6) is 0.335. The highest BCUT2D eigenvalue weighted by atomic mass is 32.2. The van der Waals surface area contributed by atoms with E-state index in [0.717, 1.165) is 12.1 Å². The number of aryl methyl sites for hydroxylation is 1. The van der Waals surface area contributed by atoms with Gasteiger partial charge in [-0.1, -0.05) is 0 Å². The van der Waals surface area contributed by atoms with Crippen LogP contribution in [0.1, 0.15) is 31.2 Å². The minimum Gasteiger partial charge on any atom is -0.377 e. The van der Waals surface area contributed by atoms with Gasteiger partial charge in [-0.2, -0.15) is 5.10 Å². The zero-order valence-corrected chi connectivity index (χ0v) is 23.7. The normalized spacial score (nSPS) is 18.0. The molecule has 1 aliphatic heterocycles. The number of anilines is 3. The third-order valence-corrected chi connectivity index (χ3v) is 9.94. The van der Waals surface area contributed by atoms with E-state index in [9.17, 15) is 17.6 Å². The number of amides is 2. The fraction of sp³-hybridized carbons (Fsp3) is 0.333. The molecule has 0 bridgehead atoms. The van der Waals surface area contributed by atoms with E-state index in [2.05, 4.69) is 35.7 Å². The highest BCUT2D eigenvalue weighted by molar-refractivity contribution is 7.92. The molecule has 0 spiro atoms. The lowest BCUT2D eigenvalue weighted by atomic mass is 10.2. The van der Waals surface area contributed by atoms with Crippen LogP contribution in [0, 0.1) is 12.7 Å². The number of halogens is 1. The number of carbonyl (C=O) groups is 1. The van der Waals surface area contributed by atoms with Crippen LogP contribution in [-0.4, -0.2) is 70.4 Å². The van der Waals surface area contributed by atoms with Crippen LogP contribution < -0.4 is 15.5 Å². The first-order valence-corrected chi connectivity index (χ1v) is 14.8. The number of nitrogens with zero attached hydrogens (tertiary/aromatic N) is 6. The first-order valence-electron chi connectivity index (χ1n) is 13.3. The van der Waals surface area contributed by atoms with E-state index in [1.165, 1.54) is 24.5 Å². The maximum Gasteiger partial charge on any atom is 0.326 e. The van der Waals surface area contributed by atoms with E-state index in [1.807, 2.05) is 6.92 Å². The monoisotopic (exact) mass is 593 g/mol. The van der Waals surface area contributed by atoms with Crippen molar-refractivity contribution in [1.29, 1.82) is 0 Å². The van der Waals surface area contributed by atoms with Crippen LogP contribution in [0.3, 0.4) is 0 Å². The molecule has 0 unspecified atom stereocenters. The number of urea groups is 1. The lowest BCUT2D eigenvalue weighted by Crippen LogP contribution is -2.44. The molecule has 1 saturated heterocycles. The summed E-state index contributed by atoms with van der Waals surface area (Å²) in [5.41, 5.74) is 1.93. The second-order valence-corrected chi connectivity index (χ2v) is 12.5. The van der Waals surface area contributed by atoms with Gasteiger partial charge >= 0.3 is 6.03 Å². The minimum atomic E-state index is -3.89. The van der Waals surface area contributed by atoms with E-state index in [0.29, 0.717) is 61.1 Å². The zero-order chi connectivity index (χ0) is 29.5. The maximum atomic E-state index is 13.8. The van der Waals surface area contributed by atoms with Gasteiger partial charge < -0.3 is 15.0 Å². The summed E-state index contributed by atoms with van der Waals surface area (Å²) in [6, 6.07) is 6.01. The van der Waals surface area contributed by atoms with Crippen molar-refractivity contribution >= 4 is 33.3 Å². The molecule has 218 valence electrons. The minimum absolute atomic E-state index is 0.00147. The molecule has 4 heterocycles. The summed E-state index contributed by atoms with van der Waals surface area (Å²) >= 11 is 0. The fourth-order valence-electron chi connectivity index (χ4n) is 4.87. The van der Waals surface area contributed by atoms with Crippen molar-refractivity contribution in [3.63, 3.8) is 0 Å². The highest BCUT2D eigenvalue weighted by Gasteiger charge is 2.58. The molecule has 15 heteroatoms. The summed E-state index contributed by atoms with van der Waals surface area (Å²) in [5, 5.41) is 11.8. The number of rotatable bonds is 7. The Labute approximate surface area is 240 Å². The third kappa shape index (κ3) is 5.16. The molecule has 1 atom stereocenters. The zero-order valence-electron chi connectivity index (χ0n) is 22.8. The van der Waals surface area contributed by atoms with E-state index in [-0.39, 0.29) is 22.7 Å². The molecule has 42 heavy (non-hydrogen) atoms. The van der Waals surface area contributed by atoms with Gasteiger partial charge in [-0.15, -0.1) is 0 Å². The van der Waals surface area contributed by atoms with Gasteiger partial charge in [0.1, 0.15) is 16.4 Å². The molecule has 3 aromatic heterocycles. The van der Waals surface area contributed by atoms with E-state index in [1.54, 1.807) is 19.2 Å². The van der Waals surface area contributed by atoms with Crippen LogP contribution in [0.15, 0.2) is 53.8 Å². The molecule has 1 aromatic carbocycles. The summed E-state index contributed by atoms with van der Waals surface area (Å²) in [6.45, 7) is 5.31. The first-order chi connectivity index (χ1) is 20.2. The van der Waals surface area contributed by atoms with Gasteiger partial charge in [0.25, 0.3) is 0 Å². The van der Waals surface area contributed by atoms with Gasteiger partial charge in [-0.05, 0) is 51.0 Å². The van der Waals surface area contributed by atoms with E-state index < -0.39 is 26.4 Å². The van der Waals surface area contributed by atoms with Crippen LogP contribution in [-0.2, 0) is 19.3 Å². The summed E-state index contributed by atoms with van der Waals surface area (Å²) < 4.78 is 45.5.